The van der Waals surface area contributed by atoms with Gasteiger partial charge in [-0.25, -0.2) is 8.42 Å². The van der Waals surface area contributed by atoms with Gasteiger partial charge in [-0.2, -0.15) is 0 Å². The van der Waals surface area contributed by atoms with Gasteiger partial charge in [0.2, 0.25) is 0 Å². The van der Waals surface area contributed by atoms with E-state index in [1.165, 1.54) is 31.4 Å². The minimum atomic E-state index is -3.84. The molecule has 0 aliphatic rings. The molecule has 0 radical (unpaired) electrons. The lowest BCUT2D eigenvalue weighted by Crippen LogP contribution is -2.14. The third-order valence-corrected chi connectivity index (χ3v) is 6.42. The van der Waals surface area contributed by atoms with Crippen molar-refractivity contribution in [1.29, 1.82) is 0 Å². The van der Waals surface area contributed by atoms with E-state index in [0.717, 1.165) is 24.8 Å². The van der Waals surface area contributed by atoms with E-state index in [-0.39, 0.29) is 10.6 Å². The molecule has 0 fully saturated rings. The summed E-state index contributed by atoms with van der Waals surface area (Å²) in [5.74, 6) is 0.704. The maximum Gasteiger partial charge on any atom is 0.265 e. The van der Waals surface area contributed by atoms with Gasteiger partial charge in [-0.15, -0.1) is 0 Å². The van der Waals surface area contributed by atoms with Crippen LogP contribution >= 0.6 is 0 Å². The van der Waals surface area contributed by atoms with Crippen LogP contribution in [0.25, 0.3) is 0 Å². The Hall–Kier alpha value is -2.99. The van der Waals surface area contributed by atoms with Crippen molar-refractivity contribution < 1.29 is 17.9 Å². The van der Waals surface area contributed by atoms with Gasteiger partial charge in [0, 0.05) is 11.8 Å². The fraction of sp³-hybridized carbons (Fsp3) is 0.250. The van der Waals surface area contributed by atoms with Gasteiger partial charge < -0.3 is 9.47 Å². The second-order valence-electron chi connectivity index (χ2n) is 6.94. The van der Waals surface area contributed by atoms with Gasteiger partial charge >= 0.3 is 0 Å². The number of methoxy groups -OCH3 is 2. The first-order chi connectivity index (χ1) is 14.5. The van der Waals surface area contributed by atoms with E-state index in [1.54, 1.807) is 18.2 Å². The monoisotopic (exact) mass is 425 g/mol. The molecule has 0 spiro atoms. The molecule has 158 valence electrons. The summed E-state index contributed by atoms with van der Waals surface area (Å²) in [6, 6.07) is 20.6. The lowest BCUT2D eigenvalue weighted by Gasteiger charge is -2.14. The fourth-order valence-electron chi connectivity index (χ4n) is 3.42. The van der Waals surface area contributed by atoms with Crippen molar-refractivity contribution in [2.75, 3.05) is 18.9 Å². The van der Waals surface area contributed by atoms with Crippen molar-refractivity contribution >= 4 is 15.7 Å². The third-order valence-electron chi connectivity index (χ3n) is 5.02. The van der Waals surface area contributed by atoms with E-state index >= 15 is 0 Å². The summed E-state index contributed by atoms with van der Waals surface area (Å²) < 4.78 is 39.0. The van der Waals surface area contributed by atoms with Gasteiger partial charge in [0.25, 0.3) is 10.0 Å². The van der Waals surface area contributed by atoms with E-state index in [2.05, 4.69) is 35.9 Å². The molecule has 0 atom stereocenters. The summed E-state index contributed by atoms with van der Waals surface area (Å²) in [6.45, 7) is 2.15. The number of hydrogen-bond acceptors (Lipinski definition) is 4. The summed E-state index contributed by atoms with van der Waals surface area (Å²) in [5.41, 5.74) is 4.26. The van der Waals surface area contributed by atoms with E-state index in [9.17, 15) is 8.42 Å². The van der Waals surface area contributed by atoms with Crippen molar-refractivity contribution in [1.82, 2.24) is 0 Å². The Labute approximate surface area is 178 Å². The highest BCUT2D eigenvalue weighted by Gasteiger charge is 2.21. The Morgan fingerprint density at radius 1 is 0.833 bits per heavy atom. The second kappa shape index (κ2) is 9.67. The Morgan fingerprint density at radius 3 is 2.30 bits per heavy atom. The summed E-state index contributed by atoms with van der Waals surface area (Å²) in [7, 11) is -0.906. The lowest BCUT2D eigenvalue weighted by molar-refractivity contribution is 0.392. The minimum Gasteiger partial charge on any atom is -0.497 e. The Balaban J connectivity index is 1.79. The van der Waals surface area contributed by atoms with Crippen molar-refractivity contribution in [3.63, 3.8) is 0 Å². The Morgan fingerprint density at radius 2 is 1.60 bits per heavy atom. The van der Waals surface area contributed by atoms with Crippen LogP contribution in [0.4, 0.5) is 5.69 Å². The third kappa shape index (κ3) is 5.13. The van der Waals surface area contributed by atoms with Crippen molar-refractivity contribution in [3.8, 4) is 11.5 Å². The van der Waals surface area contributed by atoms with E-state index in [0.29, 0.717) is 11.4 Å². The molecule has 3 aromatic rings. The van der Waals surface area contributed by atoms with Crippen molar-refractivity contribution in [2.24, 2.45) is 0 Å². The average Bonchev–Trinajstić information content (AvgIpc) is 2.77. The molecule has 0 heterocycles. The number of anilines is 1. The first-order valence-electron chi connectivity index (χ1n) is 9.87. The zero-order valence-electron chi connectivity index (χ0n) is 17.5. The molecule has 0 unspecified atom stereocenters. The first kappa shape index (κ1) is 21.7. The predicted molar refractivity (Wildman–Crippen MR) is 120 cm³/mol. The van der Waals surface area contributed by atoms with Gasteiger partial charge in [-0.05, 0) is 60.2 Å². The summed E-state index contributed by atoms with van der Waals surface area (Å²) in [6.07, 6.45) is 2.73. The van der Waals surface area contributed by atoms with Crippen LogP contribution < -0.4 is 14.2 Å². The van der Waals surface area contributed by atoms with Crippen LogP contribution in [0.3, 0.4) is 0 Å². The Kier molecular flexibility index (Phi) is 7.00. The molecule has 0 saturated carbocycles. The zero-order valence-corrected chi connectivity index (χ0v) is 18.3. The number of sulfonamides is 1. The molecule has 5 nitrogen and oxygen atoms in total. The first-order valence-corrected chi connectivity index (χ1v) is 11.4. The number of benzene rings is 3. The largest absolute Gasteiger partial charge is 0.497 e. The van der Waals surface area contributed by atoms with Gasteiger partial charge in [0.15, 0.2) is 0 Å². The van der Waals surface area contributed by atoms with Crippen LogP contribution in [-0.4, -0.2) is 22.6 Å². The van der Waals surface area contributed by atoms with Crippen LogP contribution in [0.1, 0.15) is 23.6 Å². The number of rotatable bonds is 9. The molecule has 3 rings (SSSR count). The van der Waals surface area contributed by atoms with Gasteiger partial charge in [-0.3, -0.25) is 4.72 Å². The smallest absolute Gasteiger partial charge is 0.265 e. The molecular weight excluding hydrogens is 398 g/mol. The number of nitrogens with one attached hydrogen (secondary N) is 1. The molecule has 1 N–H and O–H groups in total. The van der Waals surface area contributed by atoms with Gasteiger partial charge in [0.1, 0.15) is 16.4 Å². The Bertz CT molecular complexity index is 1110. The predicted octanol–water partition coefficient (Wildman–Crippen LogP) is 4.85. The fourth-order valence-corrected chi connectivity index (χ4v) is 4.65. The van der Waals surface area contributed by atoms with Crippen LogP contribution in [0.5, 0.6) is 11.5 Å². The van der Waals surface area contributed by atoms with Crippen LogP contribution in [0.2, 0.25) is 0 Å². The molecular formula is C24H27NO4S. The maximum atomic E-state index is 13.0. The highest BCUT2D eigenvalue weighted by atomic mass is 32.2. The minimum absolute atomic E-state index is 0.0339. The molecule has 30 heavy (non-hydrogen) atoms. The van der Waals surface area contributed by atoms with E-state index in [1.807, 2.05) is 18.2 Å². The highest BCUT2D eigenvalue weighted by molar-refractivity contribution is 7.92. The summed E-state index contributed by atoms with van der Waals surface area (Å²) in [4.78, 5) is 0.0339. The van der Waals surface area contributed by atoms with Crippen molar-refractivity contribution in [3.05, 3.63) is 83.4 Å². The lowest BCUT2D eigenvalue weighted by atomic mass is 9.98. The molecule has 0 aliphatic carbocycles. The summed E-state index contributed by atoms with van der Waals surface area (Å²) >= 11 is 0. The van der Waals surface area contributed by atoms with Gasteiger partial charge in [0.05, 0.1) is 14.2 Å². The standard InChI is InChI=1S/C24H27NO4S/c1-4-19-9-5-6-10-20(19)13-12-18-8-7-11-21(16-18)25-30(26,27)24-17-22(28-2)14-15-23(24)29-3/h5-11,14-17,25H,4,12-13H2,1-3H3. The number of ether oxygens (including phenoxy) is 2. The molecule has 6 heteroatoms. The van der Waals surface area contributed by atoms with Gasteiger partial charge in [-0.1, -0.05) is 43.3 Å². The SMILES string of the molecule is CCc1ccccc1CCc1cccc(NS(=O)(=O)c2cc(OC)ccc2OC)c1. The molecule has 3 aromatic carbocycles. The number of aryl methyl sites for hydroxylation is 3. The van der Waals surface area contributed by atoms with Crippen LogP contribution in [-0.2, 0) is 29.3 Å². The average molecular weight is 426 g/mol. The highest BCUT2D eigenvalue weighted by Crippen LogP contribution is 2.30. The molecule has 0 amide bonds. The maximum absolute atomic E-state index is 13.0. The molecule has 0 aromatic heterocycles. The van der Waals surface area contributed by atoms with E-state index < -0.39 is 10.0 Å². The number of hydrogen-bond donors (Lipinski definition) is 1. The van der Waals surface area contributed by atoms with E-state index in [4.69, 9.17) is 9.47 Å². The van der Waals surface area contributed by atoms with Crippen LogP contribution in [0, 0.1) is 0 Å². The molecule has 0 bridgehead atoms. The van der Waals surface area contributed by atoms with Crippen LogP contribution in [0.15, 0.2) is 71.6 Å². The normalized spacial score (nSPS) is 11.2. The van der Waals surface area contributed by atoms with Crippen molar-refractivity contribution in [2.45, 2.75) is 31.1 Å². The topological polar surface area (TPSA) is 64.6 Å². The zero-order chi connectivity index (χ0) is 21.6. The summed E-state index contributed by atoms with van der Waals surface area (Å²) in [5, 5.41) is 0. The molecule has 0 saturated heterocycles. The molecule has 0 aliphatic heterocycles. The quantitative estimate of drug-likeness (QED) is 0.532. The second-order valence-corrected chi connectivity index (χ2v) is 8.60.